The quantitative estimate of drug-likeness (QED) is 0.338. The maximum Gasteiger partial charge on any atom is 0.294 e. The Labute approximate surface area is 216 Å². The molecule has 0 unspecified atom stereocenters. The molecule has 2 heterocycles. The predicted octanol–water partition coefficient (Wildman–Crippen LogP) is 4.85. The second kappa shape index (κ2) is 10.8. The summed E-state index contributed by atoms with van der Waals surface area (Å²) in [5, 5.41) is -0.427. The number of likely N-dealkylation sites (tertiary alicyclic amines) is 1. The van der Waals surface area contributed by atoms with Crippen LogP contribution in [0.5, 0.6) is 11.5 Å². The van der Waals surface area contributed by atoms with Crippen LogP contribution in [0.15, 0.2) is 41.3 Å². The molecule has 0 radical (unpaired) electrons. The van der Waals surface area contributed by atoms with Gasteiger partial charge in [0.15, 0.2) is 11.5 Å². The number of ether oxygens (including phenoxy) is 2. The normalized spacial score (nSPS) is 17.1. The van der Waals surface area contributed by atoms with E-state index in [9.17, 15) is 14.4 Å². The molecule has 2 saturated heterocycles. The number of carbonyl (C=O) groups is 3. The number of aryl methyl sites for hydroxylation is 1. The molecule has 2 aromatic carbocycles. The molecule has 0 saturated carbocycles. The minimum atomic E-state index is -0.448. The van der Waals surface area contributed by atoms with E-state index in [0.29, 0.717) is 36.8 Å². The fourth-order valence-electron chi connectivity index (χ4n) is 3.87. The minimum Gasteiger partial charge on any atom is -0.493 e. The lowest BCUT2D eigenvalue weighted by Crippen LogP contribution is -2.40. The zero-order valence-electron chi connectivity index (χ0n) is 19.0. The van der Waals surface area contributed by atoms with Crippen molar-refractivity contribution in [2.24, 2.45) is 0 Å². The summed E-state index contributed by atoms with van der Waals surface area (Å²) in [5.74, 6) is 0.520. The Morgan fingerprint density at radius 1 is 1.18 bits per heavy atom. The zero-order valence-corrected chi connectivity index (χ0v) is 22.0. The molecule has 9 heteroatoms. The largest absolute Gasteiger partial charge is 0.493 e. The maximum atomic E-state index is 12.9. The van der Waals surface area contributed by atoms with Gasteiger partial charge in [-0.15, -0.1) is 0 Å². The average Bonchev–Trinajstić information content (AvgIpc) is 3.44. The molecule has 2 aliphatic heterocycles. The number of methoxy groups -OCH3 is 1. The second-order valence-electron chi connectivity index (χ2n) is 8.11. The van der Waals surface area contributed by atoms with Crippen LogP contribution in [0.25, 0.3) is 6.08 Å². The third-order valence-corrected chi connectivity index (χ3v) is 7.52. The number of rotatable bonds is 7. The summed E-state index contributed by atoms with van der Waals surface area (Å²) in [5.41, 5.74) is 2.94. The van der Waals surface area contributed by atoms with Crippen molar-refractivity contribution in [1.82, 2.24) is 9.80 Å². The molecule has 0 N–H and O–H groups in total. The summed E-state index contributed by atoms with van der Waals surface area (Å²) in [6.45, 7) is 3.59. The Morgan fingerprint density at radius 2 is 1.91 bits per heavy atom. The summed E-state index contributed by atoms with van der Waals surface area (Å²) in [6, 6.07) is 11.7. The van der Waals surface area contributed by atoms with E-state index < -0.39 is 11.1 Å². The Kier molecular flexibility index (Phi) is 7.82. The predicted molar refractivity (Wildman–Crippen MR) is 140 cm³/mol. The Hall–Kier alpha value is -2.53. The van der Waals surface area contributed by atoms with E-state index in [1.165, 1.54) is 0 Å². The van der Waals surface area contributed by atoms with E-state index in [1.807, 2.05) is 37.3 Å². The van der Waals surface area contributed by atoms with Crippen LogP contribution in [0, 0.1) is 10.5 Å². The molecule has 0 spiro atoms. The van der Waals surface area contributed by atoms with E-state index in [4.69, 9.17) is 9.47 Å². The lowest BCUT2D eigenvalue weighted by molar-refractivity contribution is -0.135. The van der Waals surface area contributed by atoms with Gasteiger partial charge in [0, 0.05) is 13.1 Å². The molecular formula is C25H25IN2O5S. The van der Waals surface area contributed by atoms with Crippen LogP contribution >= 0.6 is 34.4 Å². The van der Waals surface area contributed by atoms with Gasteiger partial charge in [-0.05, 0) is 89.0 Å². The highest BCUT2D eigenvalue weighted by Crippen LogP contribution is 2.37. The van der Waals surface area contributed by atoms with Gasteiger partial charge in [-0.3, -0.25) is 19.3 Å². The number of halogens is 1. The first-order valence-corrected chi connectivity index (χ1v) is 12.8. The van der Waals surface area contributed by atoms with Crippen LogP contribution in [0.1, 0.15) is 29.5 Å². The summed E-state index contributed by atoms with van der Waals surface area (Å²) < 4.78 is 12.4. The van der Waals surface area contributed by atoms with Crippen LogP contribution in [-0.2, 0) is 16.2 Å². The molecule has 2 fully saturated rings. The minimum absolute atomic E-state index is 0.188. The van der Waals surface area contributed by atoms with Crippen molar-refractivity contribution in [2.45, 2.75) is 26.4 Å². The number of hydrogen-bond acceptors (Lipinski definition) is 6. The summed E-state index contributed by atoms with van der Waals surface area (Å²) in [4.78, 5) is 40.7. The van der Waals surface area contributed by atoms with Crippen molar-refractivity contribution < 1.29 is 23.9 Å². The van der Waals surface area contributed by atoms with Crippen molar-refractivity contribution >= 4 is 57.5 Å². The van der Waals surface area contributed by atoms with Crippen LogP contribution in [-0.4, -0.2) is 53.6 Å². The highest BCUT2D eigenvalue weighted by molar-refractivity contribution is 14.1. The van der Waals surface area contributed by atoms with Gasteiger partial charge in [-0.25, -0.2) is 0 Å². The van der Waals surface area contributed by atoms with E-state index in [0.717, 1.165) is 44.2 Å². The van der Waals surface area contributed by atoms with Gasteiger partial charge in [0.2, 0.25) is 5.91 Å². The van der Waals surface area contributed by atoms with Gasteiger partial charge < -0.3 is 14.4 Å². The molecule has 2 aromatic rings. The fourth-order valence-corrected chi connectivity index (χ4v) is 5.49. The number of nitrogens with zero attached hydrogens (tertiary/aromatic N) is 2. The van der Waals surface area contributed by atoms with Gasteiger partial charge in [0.1, 0.15) is 13.2 Å². The zero-order chi connectivity index (χ0) is 24.2. The van der Waals surface area contributed by atoms with Gasteiger partial charge in [0.25, 0.3) is 11.1 Å². The van der Waals surface area contributed by atoms with E-state index >= 15 is 0 Å². The molecule has 3 amide bonds. The van der Waals surface area contributed by atoms with Crippen LogP contribution in [0.3, 0.4) is 0 Å². The maximum absolute atomic E-state index is 12.9. The number of thioether (sulfide) groups is 1. The third kappa shape index (κ3) is 5.41. The van der Waals surface area contributed by atoms with Crippen molar-refractivity contribution in [2.75, 3.05) is 26.7 Å². The fraction of sp³-hybridized carbons (Fsp3) is 0.320. The lowest BCUT2D eigenvalue weighted by atomic mass is 10.1. The van der Waals surface area contributed by atoms with Gasteiger partial charge in [0.05, 0.1) is 15.6 Å². The van der Waals surface area contributed by atoms with Gasteiger partial charge in [-0.2, -0.15) is 0 Å². The molecule has 0 aromatic heterocycles. The highest BCUT2D eigenvalue weighted by atomic mass is 127. The topological polar surface area (TPSA) is 76.2 Å². The van der Waals surface area contributed by atoms with Crippen LogP contribution in [0.4, 0.5) is 4.79 Å². The number of carbonyl (C=O) groups excluding carboxylic acids is 3. The summed E-state index contributed by atoms with van der Waals surface area (Å²) >= 11 is 3.02. The lowest BCUT2D eigenvalue weighted by Gasteiger charge is -2.18. The van der Waals surface area contributed by atoms with Crippen molar-refractivity contribution in [1.29, 1.82) is 0 Å². The molecular weight excluding hydrogens is 567 g/mol. The number of amides is 3. The monoisotopic (exact) mass is 592 g/mol. The molecule has 0 aliphatic carbocycles. The Balaban J connectivity index is 1.50. The van der Waals surface area contributed by atoms with E-state index in [1.54, 1.807) is 24.2 Å². The van der Waals surface area contributed by atoms with Gasteiger partial charge >= 0.3 is 0 Å². The number of hydrogen-bond donors (Lipinski definition) is 0. The second-order valence-corrected chi connectivity index (χ2v) is 10.3. The van der Waals surface area contributed by atoms with Crippen molar-refractivity contribution in [3.8, 4) is 11.5 Å². The molecule has 2 aliphatic rings. The SMILES string of the molecule is COc1cc(/C=C2\SC(=O)N(CC(=O)N3CCCC3)C2=O)cc(I)c1OCc1ccccc1C. The summed E-state index contributed by atoms with van der Waals surface area (Å²) in [7, 11) is 1.56. The molecule has 0 atom stereocenters. The number of imide groups is 1. The molecule has 0 bridgehead atoms. The highest BCUT2D eigenvalue weighted by Gasteiger charge is 2.37. The first-order valence-electron chi connectivity index (χ1n) is 11.0. The standard InChI is InChI=1S/C25H25IN2O5S/c1-16-7-3-4-8-18(16)15-33-23-19(26)11-17(12-20(23)32-2)13-21-24(30)28(25(31)34-21)14-22(29)27-9-5-6-10-27/h3-4,7-8,11-13H,5-6,9-10,14-15H2,1-2H3/b21-13-. The molecule has 34 heavy (non-hydrogen) atoms. The molecule has 4 rings (SSSR count). The van der Waals surface area contributed by atoms with Crippen molar-refractivity contribution in [3.63, 3.8) is 0 Å². The first-order chi connectivity index (χ1) is 16.4. The van der Waals surface area contributed by atoms with E-state index in [-0.39, 0.29) is 17.4 Å². The first kappa shape index (κ1) is 24.6. The number of benzene rings is 2. The van der Waals surface area contributed by atoms with Crippen LogP contribution < -0.4 is 9.47 Å². The Morgan fingerprint density at radius 3 is 2.62 bits per heavy atom. The van der Waals surface area contributed by atoms with E-state index in [2.05, 4.69) is 22.6 Å². The van der Waals surface area contributed by atoms with Crippen LogP contribution in [0.2, 0.25) is 0 Å². The third-order valence-electron chi connectivity index (χ3n) is 5.81. The smallest absolute Gasteiger partial charge is 0.294 e. The Bertz CT molecular complexity index is 1160. The molecule has 178 valence electrons. The molecule has 7 nitrogen and oxygen atoms in total. The van der Waals surface area contributed by atoms with Gasteiger partial charge in [-0.1, -0.05) is 24.3 Å². The summed E-state index contributed by atoms with van der Waals surface area (Å²) in [6.07, 6.45) is 3.57. The average molecular weight is 592 g/mol. The van der Waals surface area contributed by atoms with Crippen molar-refractivity contribution in [3.05, 3.63) is 61.6 Å².